The van der Waals surface area contributed by atoms with Crippen molar-refractivity contribution < 1.29 is 9.22 Å². The van der Waals surface area contributed by atoms with Crippen molar-refractivity contribution in [2.45, 2.75) is 25.8 Å². The first-order valence-corrected chi connectivity index (χ1v) is 9.78. The van der Waals surface area contributed by atoms with Crippen molar-refractivity contribution >= 4 is 25.0 Å². The standard InChI is InChI=1S/C20H24O2Si/c1-20(2,3)23(22-17-11-10-16-21,18-12-6-4-7-13-18)19-14-8-5-9-15-19/h4-16H,17H2,1-3H3. The molecule has 0 fully saturated rings. The second-order valence-corrected chi connectivity index (χ2v) is 10.8. The fourth-order valence-corrected chi connectivity index (χ4v) is 7.55. The van der Waals surface area contributed by atoms with Crippen molar-refractivity contribution in [1.82, 2.24) is 0 Å². The van der Waals surface area contributed by atoms with E-state index in [0.29, 0.717) is 6.61 Å². The molecule has 3 heteroatoms. The normalized spacial score (nSPS) is 12.5. The smallest absolute Gasteiger partial charge is 0.261 e. The number of rotatable bonds is 6. The van der Waals surface area contributed by atoms with Gasteiger partial charge < -0.3 is 4.43 Å². The van der Waals surface area contributed by atoms with Crippen LogP contribution >= 0.6 is 0 Å². The molecule has 0 unspecified atom stereocenters. The van der Waals surface area contributed by atoms with Gasteiger partial charge in [-0.05, 0) is 21.5 Å². The monoisotopic (exact) mass is 324 g/mol. The Morgan fingerprint density at radius 2 is 1.39 bits per heavy atom. The van der Waals surface area contributed by atoms with Crippen molar-refractivity contribution in [3.8, 4) is 0 Å². The van der Waals surface area contributed by atoms with E-state index in [2.05, 4.69) is 69.3 Å². The van der Waals surface area contributed by atoms with Crippen LogP contribution in [0, 0.1) is 0 Å². The minimum atomic E-state index is -2.47. The summed E-state index contributed by atoms with van der Waals surface area (Å²) in [5, 5.41) is 2.46. The molecule has 0 spiro atoms. The van der Waals surface area contributed by atoms with E-state index in [4.69, 9.17) is 4.43 Å². The van der Waals surface area contributed by atoms with Crippen LogP contribution < -0.4 is 10.4 Å². The van der Waals surface area contributed by atoms with Crippen LogP contribution in [0.25, 0.3) is 0 Å². The summed E-state index contributed by atoms with van der Waals surface area (Å²) in [5.74, 6) is 0. The van der Waals surface area contributed by atoms with Crippen LogP contribution in [-0.4, -0.2) is 21.2 Å². The van der Waals surface area contributed by atoms with Gasteiger partial charge in [0.1, 0.15) is 6.29 Å². The van der Waals surface area contributed by atoms with Crippen molar-refractivity contribution in [3.63, 3.8) is 0 Å². The van der Waals surface area contributed by atoms with E-state index in [0.717, 1.165) is 6.29 Å². The minimum Gasteiger partial charge on any atom is -0.404 e. The average molecular weight is 324 g/mol. The number of aldehydes is 1. The highest BCUT2D eigenvalue weighted by Crippen LogP contribution is 2.36. The van der Waals surface area contributed by atoms with Gasteiger partial charge in [0.15, 0.2) is 0 Å². The van der Waals surface area contributed by atoms with E-state index < -0.39 is 8.32 Å². The molecule has 0 bridgehead atoms. The lowest BCUT2D eigenvalue weighted by atomic mass is 10.2. The van der Waals surface area contributed by atoms with Gasteiger partial charge in [0.2, 0.25) is 0 Å². The van der Waals surface area contributed by atoms with Crippen LogP contribution in [-0.2, 0) is 9.22 Å². The number of hydrogen-bond donors (Lipinski definition) is 0. The van der Waals surface area contributed by atoms with Gasteiger partial charge in [-0.15, -0.1) is 0 Å². The summed E-state index contributed by atoms with van der Waals surface area (Å²) >= 11 is 0. The van der Waals surface area contributed by atoms with Crippen molar-refractivity contribution in [2.24, 2.45) is 0 Å². The largest absolute Gasteiger partial charge is 0.404 e. The molecule has 2 aromatic carbocycles. The molecule has 0 N–H and O–H groups in total. The molecular formula is C20H24O2Si. The molecule has 2 aromatic rings. The van der Waals surface area contributed by atoms with Gasteiger partial charge in [0.25, 0.3) is 8.32 Å². The van der Waals surface area contributed by atoms with Crippen LogP contribution in [0.15, 0.2) is 72.8 Å². The molecule has 0 saturated heterocycles. The van der Waals surface area contributed by atoms with Crippen molar-refractivity contribution in [2.75, 3.05) is 6.61 Å². The topological polar surface area (TPSA) is 26.3 Å². The lowest BCUT2D eigenvalue weighted by Crippen LogP contribution is -2.66. The van der Waals surface area contributed by atoms with E-state index in [1.807, 2.05) is 12.1 Å². The number of benzene rings is 2. The zero-order chi connectivity index (χ0) is 16.8. The third-order valence-corrected chi connectivity index (χ3v) is 9.03. The quantitative estimate of drug-likeness (QED) is 0.463. The van der Waals surface area contributed by atoms with Crippen LogP contribution in [0.5, 0.6) is 0 Å². The Hall–Kier alpha value is -1.97. The molecule has 0 aliphatic heterocycles. The maximum atomic E-state index is 10.5. The summed E-state index contributed by atoms with van der Waals surface area (Å²) in [5.41, 5.74) is 0. The van der Waals surface area contributed by atoms with Crippen LogP contribution in [0.4, 0.5) is 0 Å². The Kier molecular flexibility index (Phi) is 5.69. The Morgan fingerprint density at radius 3 is 1.78 bits per heavy atom. The zero-order valence-electron chi connectivity index (χ0n) is 14.0. The van der Waals surface area contributed by atoms with E-state index in [1.165, 1.54) is 16.4 Å². The summed E-state index contributed by atoms with van der Waals surface area (Å²) in [4.78, 5) is 10.5. The third-order valence-electron chi connectivity index (χ3n) is 4.03. The summed E-state index contributed by atoms with van der Waals surface area (Å²) in [6.45, 7) is 7.15. The van der Waals surface area contributed by atoms with Gasteiger partial charge in [-0.25, -0.2) is 0 Å². The highest BCUT2D eigenvalue weighted by Gasteiger charge is 2.49. The van der Waals surface area contributed by atoms with Gasteiger partial charge in [0, 0.05) is 0 Å². The average Bonchev–Trinajstić information content (AvgIpc) is 2.55. The second kappa shape index (κ2) is 7.53. The highest BCUT2D eigenvalue weighted by molar-refractivity contribution is 6.99. The van der Waals surface area contributed by atoms with E-state index in [-0.39, 0.29) is 5.04 Å². The molecule has 0 atom stereocenters. The van der Waals surface area contributed by atoms with Gasteiger partial charge in [0.05, 0.1) is 6.61 Å². The van der Waals surface area contributed by atoms with Crippen molar-refractivity contribution in [3.05, 3.63) is 72.8 Å². The number of carbonyl (C=O) groups excluding carboxylic acids is 1. The van der Waals surface area contributed by atoms with E-state index in [9.17, 15) is 4.79 Å². The van der Waals surface area contributed by atoms with E-state index >= 15 is 0 Å². The molecule has 0 amide bonds. The SMILES string of the molecule is CC(C)(C)[Si](OCC=CC=O)(c1ccccc1)c1ccccc1. The highest BCUT2D eigenvalue weighted by atomic mass is 28.4. The molecular weight excluding hydrogens is 300 g/mol. The molecule has 0 aliphatic carbocycles. The summed E-state index contributed by atoms with van der Waals surface area (Å²) in [6, 6.07) is 21.0. The van der Waals surface area contributed by atoms with E-state index in [1.54, 1.807) is 6.08 Å². The Balaban J connectivity index is 2.59. The molecule has 0 radical (unpaired) electrons. The fraction of sp³-hybridized carbons (Fsp3) is 0.250. The lowest BCUT2D eigenvalue weighted by molar-refractivity contribution is -0.104. The van der Waals surface area contributed by atoms with Gasteiger partial charge in [-0.1, -0.05) is 87.5 Å². The molecule has 2 rings (SSSR count). The third kappa shape index (κ3) is 3.68. The van der Waals surface area contributed by atoms with Gasteiger partial charge in [-0.2, -0.15) is 0 Å². The molecule has 120 valence electrons. The van der Waals surface area contributed by atoms with Gasteiger partial charge >= 0.3 is 0 Å². The van der Waals surface area contributed by atoms with Crippen molar-refractivity contribution in [1.29, 1.82) is 0 Å². The number of carbonyl (C=O) groups is 1. The summed E-state index contributed by atoms with van der Waals surface area (Å²) in [7, 11) is -2.47. The first-order valence-electron chi connectivity index (χ1n) is 7.87. The molecule has 0 saturated carbocycles. The Labute approximate surface area is 139 Å². The Bertz CT molecular complexity index is 603. The summed E-state index contributed by atoms with van der Waals surface area (Å²) < 4.78 is 6.56. The zero-order valence-corrected chi connectivity index (χ0v) is 15.0. The molecule has 0 aliphatic rings. The first kappa shape index (κ1) is 17.4. The molecule has 23 heavy (non-hydrogen) atoms. The predicted octanol–water partition coefficient (Wildman–Crippen LogP) is 3.32. The fourth-order valence-electron chi connectivity index (χ4n) is 3.05. The Morgan fingerprint density at radius 1 is 0.913 bits per heavy atom. The lowest BCUT2D eigenvalue weighted by Gasteiger charge is -2.42. The second-order valence-electron chi connectivity index (χ2n) is 6.54. The minimum absolute atomic E-state index is 0.0370. The predicted molar refractivity (Wildman–Crippen MR) is 98.8 cm³/mol. The van der Waals surface area contributed by atoms with Crippen LogP contribution in [0.1, 0.15) is 20.8 Å². The number of allylic oxidation sites excluding steroid dienone is 1. The maximum absolute atomic E-state index is 10.5. The summed E-state index contributed by atoms with van der Waals surface area (Å²) in [6.07, 6.45) is 4.07. The molecule has 0 aromatic heterocycles. The molecule has 2 nitrogen and oxygen atoms in total. The first-order chi connectivity index (χ1) is 11.0. The maximum Gasteiger partial charge on any atom is 0.261 e. The number of hydrogen-bond acceptors (Lipinski definition) is 2. The molecule has 0 heterocycles. The van der Waals surface area contributed by atoms with Crippen LogP contribution in [0.3, 0.4) is 0 Å². The van der Waals surface area contributed by atoms with Crippen LogP contribution in [0.2, 0.25) is 5.04 Å². The van der Waals surface area contributed by atoms with Gasteiger partial charge in [-0.3, -0.25) is 4.79 Å².